The molecule has 19 heavy (non-hydrogen) atoms. The highest BCUT2D eigenvalue weighted by Gasteiger charge is 2.22. The van der Waals surface area contributed by atoms with Gasteiger partial charge < -0.3 is 26.2 Å². The lowest BCUT2D eigenvalue weighted by atomic mass is 10.1. The first-order chi connectivity index (χ1) is 8.99. The van der Waals surface area contributed by atoms with E-state index in [1.165, 1.54) is 0 Å². The molecule has 1 aliphatic rings. The van der Waals surface area contributed by atoms with E-state index in [0.717, 1.165) is 0 Å². The van der Waals surface area contributed by atoms with Crippen LogP contribution in [0.5, 0.6) is 0 Å². The molecule has 1 rings (SSSR count). The fourth-order valence-electron chi connectivity index (χ4n) is 1.77. The molecule has 5 N–H and O–H groups in total. The molecule has 8 nitrogen and oxygen atoms in total. The van der Waals surface area contributed by atoms with Gasteiger partial charge in [0.25, 0.3) is 0 Å². The molecule has 0 aromatic heterocycles. The fourth-order valence-corrected chi connectivity index (χ4v) is 1.77. The molecule has 1 saturated heterocycles. The largest absolute Gasteiger partial charge is 0.480 e. The van der Waals surface area contributed by atoms with E-state index in [-0.39, 0.29) is 18.9 Å². The highest BCUT2D eigenvalue weighted by molar-refractivity contribution is 5.83. The lowest BCUT2D eigenvalue weighted by Gasteiger charge is -2.24. The first-order valence-corrected chi connectivity index (χ1v) is 6.15. The van der Waals surface area contributed by atoms with Crippen LogP contribution in [0.3, 0.4) is 0 Å². The number of carbonyl (C=O) groups excluding carboxylic acids is 2. The molecule has 0 aliphatic carbocycles. The molecule has 108 valence electrons. The summed E-state index contributed by atoms with van der Waals surface area (Å²) < 4.78 is 5.15. The second-order valence-electron chi connectivity index (χ2n) is 4.40. The number of ether oxygens (including phenoxy) is 1. The monoisotopic (exact) mass is 273 g/mol. The van der Waals surface area contributed by atoms with Crippen molar-refractivity contribution in [1.29, 1.82) is 0 Å². The number of urea groups is 1. The minimum absolute atomic E-state index is 0.0145. The zero-order valence-corrected chi connectivity index (χ0v) is 10.6. The number of nitrogens with one attached hydrogen (secondary N) is 2. The number of rotatable bonds is 6. The number of carboxylic acid groups (broad SMARTS) is 1. The number of carboxylic acids is 1. The first kappa shape index (κ1) is 15.2. The molecule has 0 aromatic carbocycles. The first-order valence-electron chi connectivity index (χ1n) is 6.15. The average molecular weight is 273 g/mol. The van der Waals surface area contributed by atoms with Crippen molar-refractivity contribution in [3.8, 4) is 0 Å². The number of carbonyl (C=O) groups is 3. The Morgan fingerprint density at radius 3 is 2.47 bits per heavy atom. The van der Waals surface area contributed by atoms with E-state index in [1.807, 2.05) is 0 Å². The van der Waals surface area contributed by atoms with E-state index in [1.54, 1.807) is 0 Å². The van der Waals surface area contributed by atoms with Gasteiger partial charge in [-0.1, -0.05) is 0 Å². The third-order valence-electron chi connectivity index (χ3n) is 2.84. The Hall–Kier alpha value is -1.83. The van der Waals surface area contributed by atoms with Crippen LogP contribution in [0.4, 0.5) is 4.79 Å². The number of aliphatic carboxylic acids is 1. The summed E-state index contributed by atoms with van der Waals surface area (Å²) in [5, 5.41) is 13.9. The van der Waals surface area contributed by atoms with Gasteiger partial charge in [0.05, 0.1) is 0 Å². The Kier molecular flexibility index (Phi) is 6.07. The van der Waals surface area contributed by atoms with Crippen LogP contribution in [0.1, 0.15) is 25.7 Å². The van der Waals surface area contributed by atoms with Crippen LogP contribution in [-0.2, 0) is 14.3 Å². The quantitative estimate of drug-likeness (QED) is 0.502. The lowest BCUT2D eigenvalue weighted by Crippen LogP contribution is -2.50. The highest BCUT2D eigenvalue weighted by atomic mass is 16.5. The minimum Gasteiger partial charge on any atom is -0.480 e. The number of hydrogen-bond donors (Lipinski definition) is 4. The van der Waals surface area contributed by atoms with E-state index in [9.17, 15) is 14.4 Å². The van der Waals surface area contributed by atoms with Crippen molar-refractivity contribution in [3.63, 3.8) is 0 Å². The average Bonchev–Trinajstić information content (AvgIpc) is 2.35. The predicted molar refractivity (Wildman–Crippen MR) is 65.4 cm³/mol. The molecule has 0 aromatic rings. The second-order valence-corrected chi connectivity index (χ2v) is 4.40. The van der Waals surface area contributed by atoms with Crippen LogP contribution in [0.2, 0.25) is 0 Å². The Labute approximate surface area is 110 Å². The van der Waals surface area contributed by atoms with E-state index in [0.29, 0.717) is 26.1 Å². The van der Waals surface area contributed by atoms with Crippen molar-refractivity contribution in [1.82, 2.24) is 10.6 Å². The van der Waals surface area contributed by atoms with Crippen molar-refractivity contribution in [2.75, 3.05) is 13.2 Å². The van der Waals surface area contributed by atoms with Gasteiger partial charge >= 0.3 is 12.0 Å². The van der Waals surface area contributed by atoms with Gasteiger partial charge in [0, 0.05) is 25.7 Å². The standard InChI is InChI=1S/C11H19N3O5/c12-9(15)2-1-8(10(16)17)14-11(18)13-7-3-5-19-6-4-7/h7-8H,1-6H2,(H2,12,15)(H,16,17)(H2,13,14,18)/t8-/m1/s1. The summed E-state index contributed by atoms with van der Waals surface area (Å²) >= 11 is 0. The Morgan fingerprint density at radius 2 is 1.95 bits per heavy atom. The molecule has 0 saturated carbocycles. The summed E-state index contributed by atoms with van der Waals surface area (Å²) in [6.07, 6.45) is 1.29. The predicted octanol–water partition coefficient (Wildman–Crippen LogP) is -0.817. The summed E-state index contributed by atoms with van der Waals surface area (Å²) in [5.74, 6) is -1.79. The Balaban J connectivity index is 2.37. The summed E-state index contributed by atoms with van der Waals surface area (Å²) in [6, 6.07) is -1.68. The van der Waals surface area contributed by atoms with E-state index in [2.05, 4.69) is 10.6 Å². The van der Waals surface area contributed by atoms with Crippen molar-refractivity contribution in [2.45, 2.75) is 37.8 Å². The molecular formula is C11H19N3O5. The zero-order chi connectivity index (χ0) is 14.3. The maximum atomic E-state index is 11.6. The number of nitrogens with two attached hydrogens (primary N) is 1. The van der Waals surface area contributed by atoms with Gasteiger partial charge in [0.1, 0.15) is 6.04 Å². The summed E-state index contributed by atoms with van der Waals surface area (Å²) in [6.45, 7) is 1.16. The molecule has 8 heteroatoms. The third-order valence-corrected chi connectivity index (χ3v) is 2.84. The van der Waals surface area contributed by atoms with Crippen molar-refractivity contribution >= 4 is 17.9 Å². The molecule has 1 heterocycles. The van der Waals surface area contributed by atoms with Gasteiger partial charge in [-0.15, -0.1) is 0 Å². The van der Waals surface area contributed by atoms with Crippen LogP contribution in [-0.4, -0.2) is 48.3 Å². The van der Waals surface area contributed by atoms with Gasteiger partial charge in [-0.3, -0.25) is 4.79 Å². The van der Waals surface area contributed by atoms with Crippen molar-refractivity contribution in [2.24, 2.45) is 5.73 Å². The Bertz CT molecular complexity index is 341. The van der Waals surface area contributed by atoms with Gasteiger partial charge in [-0.05, 0) is 19.3 Å². The molecule has 1 fully saturated rings. The van der Waals surface area contributed by atoms with Crippen LogP contribution >= 0.6 is 0 Å². The smallest absolute Gasteiger partial charge is 0.326 e. The second kappa shape index (κ2) is 7.57. The molecule has 1 atom stereocenters. The highest BCUT2D eigenvalue weighted by Crippen LogP contribution is 2.06. The van der Waals surface area contributed by atoms with Crippen LogP contribution in [0.25, 0.3) is 0 Å². The summed E-state index contributed by atoms with van der Waals surface area (Å²) in [7, 11) is 0. The fraction of sp³-hybridized carbons (Fsp3) is 0.727. The number of amides is 3. The maximum Gasteiger partial charge on any atom is 0.326 e. The third kappa shape index (κ3) is 6.05. The van der Waals surface area contributed by atoms with Gasteiger partial charge in [0.15, 0.2) is 0 Å². The number of hydrogen-bond acceptors (Lipinski definition) is 4. The molecule has 1 aliphatic heterocycles. The van der Waals surface area contributed by atoms with Gasteiger partial charge in [-0.2, -0.15) is 0 Å². The topological polar surface area (TPSA) is 131 Å². The number of primary amides is 1. The molecule has 0 spiro atoms. The maximum absolute atomic E-state index is 11.6. The molecule has 3 amide bonds. The van der Waals surface area contributed by atoms with Crippen LogP contribution in [0, 0.1) is 0 Å². The molecule has 0 bridgehead atoms. The van der Waals surface area contributed by atoms with Gasteiger partial charge in [-0.25, -0.2) is 9.59 Å². The SMILES string of the molecule is NC(=O)CC[C@@H](NC(=O)NC1CCOCC1)C(=O)O. The van der Waals surface area contributed by atoms with Crippen molar-refractivity contribution in [3.05, 3.63) is 0 Å². The minimum atomic E-state index is -1.19. The summed E-state index contributed by atoms with van der Waals surface area (Å²) in [4.78, 5) is 33.2. The summed E-state index contributed by atoms with van der Waals surface area (Å²) in [5.41, 5.74) is 4.95. The van der Waals surface area contributed by atoms with Crippen LogP contribution in [0.15, 0.2) is 0 Å². The molecular weight excluding hydrogens is 254 g/mol. The Morgan fingerprint density at radius 1 is 1.32 bits per heavy atom. The molecule has 0 radical (unpaired) electrons. The normalized spacial score (nSPS) is 17.5. The van der Waals surface area contributed by atoms with E-state index >= 15 is 0 Å². The zero-order valence-electron chi connectivity index (χ0n) is 10.6. The van der Waals surface area contributed by atoms with E-state index in [4.69, 9.17) is 15.6 Å². The van der Waals surface area contributed by atoms with Gasteiger partial charge in [0.2, 0.25) is 5.91 Å². The lowest BCUT2D eigenvalue weighted by molar-refractivity contribution is -0.139. The van der Waals surface area contributed by atoms with Crippen molar-refractivity contribution < 1.29 is 24.2 Å². The van der Waals surface area contributed by atoms with Crippen LogP contribution < -0.4 is 16.4 Å². The molecule has 0 unspecified atom stereocenters. The van der Waals surface area contributed by atoms with E-state index < -0.39 is 23.9 Å².